The molecule has 70 valence electrons. The SMILES string of the molecule is CC(=O)OC(C)N1CCCCC1. The van der Waals surface area contributed by atoms with Gasteiger partial charge in [-0.2, -0.15) is 0 Å². The molecule has 1 heterocycles. The molecule has 1 aliphatic rings. The van der Waals surface area contributed by atoms with E-state index in [4.69, 9.17) is 4.74 Å². The van der Waals surface area contributed by atoms with Crippen molar-refractivity contribution in [2.75, 3.05) is 13.1 Å². The Labute approximate surface area is 73.7 Å². The normalized spacial score (nSPS) is 21.8. The monoisotopic (exact) mass is 171 g/mol. The van der Waals surface area contributed by atoms with Crippen molar-refractivity contribution in [1.29, 1.82) is 0 Å². The number of ether oxygens (including phenoxy) is 1. The van der Waals surface area contributed by atoms with E-state index in [1.54, 1.807) is 0 Å². The molecule has 1 rings (SSSR count). The maximum atomic E-state index is 10.6. The van der Waals surface area contributed by atoms with E-state index in [0.717, 1.165) is 13.1 Å². The van der Waals surface area contributed by atoms with E-state index < -0.39 is 0 Å². The fourth-order valence-corrected chi connectivity index (χ4v) is 1.60. The third-order valence-electron chi connectivity index (χ3n) is 2.24. The summed E-state index contributed by atoms with van der Waals surface area (Å²) in [6.45, 7) is 5.52. The summed E-state index contributed by atoms with van der Waals surface area (Å²) in [4.78, 5) is 12.9. The summed E-state index contributed by atoms with van der Waals surface area (Å²) in [5.41, 5.74) is 0. The van der Waals surface area contributed by atoms with Crippen molar-refractivity contribution in [2.24, 2.45) is 0 Å². The molecule has 0 N–H and O–H groups in total. The van der Waals surface area contributed by atoms with Crippen LogP contribution in [-0.2, 0) is 9.53 Å². The van der Waals surface area contributed by atoms with E-state index in [-0.39, 0.29) is 12.2 Å². The van der Waals surface area contributed by atoms with Crippen molar-refractivity contribution < 1.29 is 9.53 Å². The van der Waals surface area contributed by atoms with Gasteiger partial charge in [-0.1, -0.05) is 6.42 Å². The highest BCUT2D eigenvalue weighted by atomic mass is 16.6. The number of piperidine rings is 1. The molecule has 0 aliphatic carbocycles. The molecule has 0 bridgehead atoms. The zero-order valence-electron chi connectivity index (χ0n) is 7.88. The number of hydrogen-bond donors (Lipinski definition) is 0. The minimum atomic E-state index is -0.187. The summed E-state index contributed by atoms with van der Waals surface area (Å²) in [5, 5.41) is 0. The van der Waals surface area contributed by atoms with Crippen LogP contribution in [0, 0.1) is 0 Å². The van der Waals surface area contributed by atoms with Gasteiger partial charge in [0.25, 0.3) is 0 Å². The summed E-state index contributed by atoms with van der Waals surface area (Å²) in [6.07, 6.45) is 3.73. The van der Waals surface area contributed by atoms with Gasteiger partial charge in [-0.15, -0.1) is 0 Å². The summed E-state index contributed by atoms with van der Waals surface area (Å²) >= 11 is 0. The van der Waals surface area contributed by atoms with E-state index >= 15 is 0 Å². The second kappa shape index (κ2) is 4.45. The molecule has 0 aromatic rings. The minimum absolute atomic E-state index is 0.0391. The van der Waals surface area contributed by atoms with Gasteiger partial charge in [-0.3, -0.25) is 9.69 Å². The number of likely N-dealkylation sites (tertiary alicyclic amines) is 1. The van der Waals surface area contributed by atoms with E-state index in [2.05, 4.69) is 4.90 Å². The van der Waals surface area contributed by atoms with Gasteiger partial charge < -0.3 is 4.74 Å². The highest BCUT2D eigenvalue weighted by Crippen LogP contribution is 2.12. The van der Waals surface area contributed by atoms with Crippen molar-refractivity contribution in [3.63, 3.8) is 0 Å². The minimum Gasteiger partial charge on any atom is -0.447 e. The zero-order valence-corrected chi connectivity index (χ0v) is 7.88. The molecular formula is C9H17NO2. The summed E-state index contributed by atoms with van der Waals surface area (Å²) in [6, 6.07) is 0. The molecule has 1 fully saturated rings. The van der Waals surface area contributed by atoms with Gasteiger partial charge in [0.1, 0.15) is 0 Å². The highest BCUT2D eigenvalue weighted by Gasteiger charge is 2.17. The van der Waals surface area contributed by atoms with Gasteiger partial charge >= 0.3 is 5.97 Å². The van der Waals surface area contributed by atoms with E-state index in [0.29, 0.717) is 0 Å². The van der Waals surface area contributed by atoms with Crippen LogP contribution in [0.15, 0.2) is 0 Å². The lowest BCUT2D eigenvalue weighted by atomic mass is 10.1. The van der Waals surface area contributed by atoms with Crippen molar-refractivity contribution in [3.8, 4) is 0 Å². The first-order valence-electron chi connectivity index (χ1n) is 4.61. The molecule has 3 heteroatoms. The van der Waals surface area contributed by atoms with Gasteiger partial charge in [-0.25, -0.2) is 0 Å². The van der Waals surface area contributed by atoms with Crippen LogP contribution in [0.3, 0.4) is 0 Å². The fourth-order valence-electron chi connectivity index (χ4n) is 1.60. The van der Waals surface area contributed by atoms with Crippen LogP contribution < -0.4 is 0 Å². The molecule has 1 atom stereocenters. The molecular weight excluding hydrogens is 154 g/mol. The maximum Gasteiger partial charge on any atom is 0.304 e. The average molecular weight is 171 g/mol. The molecule has 0 aromatic carbocycles. The molecule has 0 saturated carbocycles. The smallest absolute Gasteiger partial charge is 0.304 e. The molecule has 0 radical (unpaired) electrons. The third kappa shape index (κ3) is 2.81. The van der Waals surface area contributed by atoms with E-state index in [1.165, 1.54) is 26.2 Å². The van der Waals surface area contributed by atoms with Crippen molar-refractivity contribution >= 4 is 5.97 Å². The van der Waals surface area contributed by atoms with Crippen LogP contribution in [0.25, 0.3) is 0 Å². The summed E-state index contributed by atoms with van der Waals surface area (Å²) < 4.78 is 5.08. The van der Waals surface area contributed by atoms with Crippen LogP contribution in [0.4, 0.5) is 0 Å². The van der Waals surface area contributed by atoms with Gasteiger partial charge in [-0.05, 0) is 19.8 Å². The van der Waals surface area contributed by atoms with Crippen LogP contribution in [0.1, 0.15) is 33.1 Å². The van der Waals surface area contributed by atoms with Crippen LogP contribution in [0.2, 0.25) is 0 Å². The van der Waals surface area contributed by atoms with Crippen molar-refractivity contribution in [2.45, 2.75) is 39.3 Å². The molecule has 12 heavy (non-hydrogen) atoms. The Balaban J connectivity index is 2.29. The largest absolute Gasteiger partial charge is 0.447 e. The quantitative estimate of drug-likeness (QED) is 0.588. The third-order valence-corrected chi connectivity index (χ3v) is 2.24. The predicted octanol–water partition coefficient (Wildman–Crippen LogP) is 1.38. The van der Waals surface area contributed by atoms with E-state index in [1.807, 2.05) is 6.92 Å². The highest BCUT2D eigenvalue weighted by molar-refractivity contribution is 5.66. The summed E-state index contributed by atoms with van der Waals surface area (Å²) in [7, 11) is 0. The Morgan fingerprint density at radius 2 is 1.92 bits per heavy atom. The predicted molar refractivity (Wildman–Crippen MR) is 46.7 cm³/mol. The molecule has 1 unspecified atom stereocenters. The maximum absolute atomic E-state index is 10.6. The van der Waals surface area contributed by atoms with Crippen LogP contribution in [0.5, 0.6) is 0 Å². The number of nitrogens with zero attached hydrogens (tertiary/aromatic N) is 1. The topological polar surface area (TPSA) is 29.5 Å². The Kier molecular flexibility index (Phi) is 3.53. The molecule has 1 saturated heterocycles. The summed E-state index contributed by atoms with van der Waals surface area (Å²) in [5.74, 6) is -0.187. The lowest BCUT2D eigenvalue weighted by Gasteiger charge is -2.31. The molecule has 0 aromatic heterocycles. The fraction of sp³-hybridized carbons (Fsp3) is 0.889. The molecule has 3 nitrogen and oxygen atoms in total. The number of carbonyl (C=O) groups is 1. The Hall–Kier alpha value is -0.570. The van der Waals surface area contributed by atoms with Gasteiger partial charge in [0, 0.05) is 20.0 Å². The van der Waals surface area contributed by atoms with Crippen molar-refractivity contribution in [3.05, 3.63) is 0 Å². The second-order valence-corrected chi connectivity index (χ2v) is 3.31. The molecule has 0 spiro atoms. The van der Waals surface area contributed by atoms with E-state index in [9.17, 15) is 4.79 Å². The van der Waals surface area contributed by atoms with Crippen molar-refractivity contribution in [1.82, 2.24) is 4.90 Å². The van der Waals surface area contributed by atoms with Gasteiger partial charge in [0.05, 0.1) is 0 Å². The molecule has 1 aliphatic heterocycles. The Bertz CT molecular complexity index is 153. The first kappa shape index (κ1) is 9.52. The lowest BCUT2D eigenvalue weighted by molar-refractivity contribution is -0.155. The Morgan fingerprint density at radius 3 is 2.42 bits per heavy atom. The number of rotatable bonds is 2. The number of hydrogen-bond acceptors (Lipinski definition) is 3. The lowest BCUT2D eigenvalue weighted by Crippen LogP contribution is -2.39. The second-order valence-electron chi connectivity index (χ2n) is 3.31. The first-order chi connectivity index (χ1) is 5.70. The number of esters is 1. The standard InChI is InChI=1S/C9H17NO2/c1-8(12-9(2)11)10-6-4-3-5-7-10/h8H,3-7H2,1-2H3. The average Bonchev–Trinajstić information content (AvgIpc) is 2.05. The number of carbonyl (C=O) groups excluding carboxylic acids is 1. The Morgan fingerprint density at radius 1 is 1.33 bits per heavy atom. The van der Waals surface area contributed by atoms with Gasteiger partial charge in [0.2, 0.25) is 0 Å². The first-order valence-corrected chi connectivity index (χ1v) is 4.61. The van der Waals surface area contributed by atoms with Gasteiger partial charge in [0.15, 0.2) is 6.23 Å². The van der Waals surface area contributed by atoms with Crippen LogP contribution >= 0.6 is 0 Å². The van der Waals surface area contributed by atoms with Crippen LogP contribution in [-0.4, -0.2) is 30.2 Å². The zero-order chi connectivity index (χ0) is 8.97. The molecule has 0 amide bonds.